The van der Waals surface area contributed by atoms with Crippen LogP contribution >= 0.6 is 11.6 Å². The Labute approximate surface area is 169 Å². The van der Waals surface area contributed by atoms with Gasteiger partial charge in [-0.1, -0.05) is 48.0 Å². The lowest BCUT2D eigenvalue weighted by Gasteiger charge is -2.17. The summed E-state index contributed by atoms with van der Waals surface area (Å²) in [6.07, 6.45) is 3.29. The van der Waals surface area contributed by atoms with Crippen molar-refractivity contribution < 1.29 is 13.9 Å². The Hall–Kier alpha value is -2.79. The van der Waals surface area contributed by atoms with E-state index in [0.717, 1.165) is 23.5 Å². The van der Waals surface area contributed by atoms with Crippen molar-refractivity contribution in [3.63, 3.8) is 0 Å². The largest absolute Gasteiger partial charge is 0.493 e. The molecule has 0 unspecified atom stereocenters. The number of aromatic nitrogens is 1. The van der Waals surface area contributed by atoms with Crippen LogP contribution in [-0.4, -0.2) is 36.0 Å². The molecule has 1 amide bonds. The zero-order valence-electron chi connectivity index (χ0n) is 15.8. The molecule has 5 nitrogen and oxygen atoms in total. The molecule has 0 spiro atoms. The van der Waals surface area contributed by atoms with Gasteiger partial charge in [-0.2, -0.15) is 0 Å². The Morgan fingerprint density at radius 3 is 2.79 bits per heavy atom. The van der Waals surface area contributed by atoms with Crippen LogP contribution in [-0.2, 0) is 11.2 Å². The van der Waals surface area contributed by atoms with Gasteiger partial charge in [0.05, 0.1) is 12.8 Å². The van der Waals surface area contributed by atoms with E-state index in [1.54, 1.807) is 30.3 Å². The van der Waals surface area contributed by atoms with E-state index in [9.17, 15) is 4.79 Å². The highest BCUT2D eigenvalue weighted by Gasteiger charge is 2.12. The summed E-state index contributed by atoms with van der Waals surface area (Å²) in [6.45, 7) is 1.15. The van der Waals surface area contributed by atoms with Crippen molar-refractivity contribution in [2.45, 2.75) is 19.3 Å². The first-order valence-corrected chi connectivity index (χ1v) is 9.62. The van der Waals surface area contributed by atoms with Crippen molar-refractivity contribution in [3.8, 4) is 17.1 Å². The van der Waals surface area contributed by atoms with Crippen molar-refractivity contribution in [1.29, 1.82) is 0 Å². The Morgan fingerprint density at radius 2 is 2.00 bits per heavy atom. The lowest BCUT2D eigenvalue weighted by atomic mass is 10.2. The van der Waals surface area contributed by atoms with Gasteiger partial charge in [-0.25, -0.2) is 4.98 Å². The summed E-state index contributed by atoms with van der Waals surface area (Å²) in [4.78, 5) is 18.3. The third-order valence-corrected chi connectivity index (χ3v) is 4.53. The fourth-order valence-electron chi connectivity index (χ4n) is 2.74. The normalized spacial score (nSPS) is 10.6. The second-order valence-electron chi connectivity index (χ2n) is 6.46. The van der Waals surface area contributed by atoms with Gasteiger partial charge in [-0.3, -0.25) is 4.79 Å². The summed E-state index contributed by atoms with van der Waals surface area (Å²) in [6, 6.07) is 17.1. The molecule has 0 aliphatic heterocycles. The average Bonchev–Trinajstić information content (AvgIpc) is 3.19. The quantitative estimate of drug-likeness (QED) is 0.483. The number of carbonyl (C=O) groups excluding carboxylic acids is 1. The minimum absolute atomic E-state index is 0.0576. The molecule has 0 saturated heterocycles. The number of benzene rings is 2. The van der Waals surface area contributed by atoms with Crippen molar-refractivity contribution in [2.75, 3.05) is 20.2 Å². The molecule has 0 aliphatic carbocycles. The van der Waals surface area contributed by atoms with E-state index in [1.165, 1.54) is 0 Å². The van der Waals surface area contributed by atoms with E-state index in [2.05, 4.69) is 4.98 Å². The summed E-state index contributed by atoms with van der Waals surface area (Å²) >= 11 is 5.93. The maximum atomic E-state index is 12.3. The highest BCUT2D eigenvalue weighted by molar-refractivity contribution is 6.30. The third-order valence-electron chi connectivity index (χ3n) is 4.29. The zero-order chi connectivity index (χ0) is 19.8. The molecule has 1 aromatic heterocycles. The molecule has 0 saturated carbocycles. The molecule has 0 aliphatic rings. The van der Waals surface area contributed by atoms with Gasteiger partial charge >= 0.3 is 0 Å². The SMILES string of the molecule is CN(CCCOc1cccc(Cl)c1)C(=O)CCc1ncc(-c2ccccc2)o1. The highest BCUT2D eigenvalue weighted by Crippen LogP contribution is 2.20. The fraction of sp³-hybridized carbons (Fsp3) is 0.273. The number of amides is 1. The second kappa shape index (κ2) is 9.95. The number of nitrogens with zero attached hydrogens (tertiary/aromatic N) is 2. The Bertz CT molecular complexity index is 896. The molecule has 0 radical (unpaired) electrons. The van der Waals surface area contributed by atoms with Crippen LogP contribution in [0.15, 0.2) is 65.2 Å². The van der Waals surface area contributed by atoms with Crippen molar-refractivity contribution in [2.24, 2.45) is 0 Å². The predicted molar refractivity (Wildman–Crippen MR) is 109 cm³/mol. The number of halogens is 1. The van der Waals surface area contributed by atoms with Crippen molar-refractivity contribution >= 4 is 17.5 Å². The standard InChI is InChI=1S/C22H23ClN2O3/c1-25(13-6-14-27-19-10-5-9-18(23)15-19)22(26)12-11-21-24-16-20(28-21)17-7-3-2-4-8-17/h2-5,7-10,15-16H,6,11-14H2,1H3. The van der Waals surface area contributed by atoms with Gasteiger partial charge in [0.1, 0.15) is 5.75 Å². The Kier molecular flexibility index (Phi) is 7.09. The molecule has 28 heavy (non-hydrogen) atoms. The van der Waals surface area contributed by atoms with Crippen LogP contribution in [0.25, 0.3) is 11.3 Å². The molecule has 0 fully saturated rings. The van der Waals surface area contributed by atoms with Gasteiger partial charge in [0, 0.05) is 37.0 Å². The molecule has 3 aromatic rings. The van der Waals surface area contributed by atoms with Crippen molar-refractivity contribution in [1.82, 2.24) is 9.88 Å². The van der Waals surface area contributed by atoms with Crippen LogP contribution in [0.2, 0.25) is 5.02 Å². The van der Waals surface area contributed by atoms with Crippen LogP contribution in [0.3, 0.4) is 0 Å². The molecule has 3 rings (SSSR count). The number of hydrogen-bond acceptors (Lipinski definition) is 4. The van der Waals surface area contributed by atoms with E-state index in [1.807, 2.05) is 42.5 Å². The maximum absolute atomic E-state index is 12.3. The van der Waals surface area contributed by atoms with Gasteiger partial charge in [-0.05, 0) is 24.6 Å². The third kappa shape index (κ3) is 5.86. The van der Waals surface area contributed by atoms with Crippen LogP contribution in [0.1, 0.15) is 18.7 Å². The minimum atomic E-state index is 0.0576. The van der Waals surface area contributed by atoms with Gasteiger partial charge in [0.25, 0.3) is 0 Å². The van der Waals surface area contributed by atoms with Gasteiger partial charge in [0.15, 0.2) is 11.7 Å². The predicted octanol–water partition coefficient (Wildman–Crippen LogP) is 4.86. The van der Waals surface area contributed by atoms with E-state index >= 15 is 0 Å². The molecule has 0 N–H and O–H groups in total. The van der Waals surface area contributed by atoms with Gasteiger partial charge in [-0.15, -0.1) is 0 Å². The maximum Gasteiger partial charge on any atom is 0.222 e. The summed E-state index contributed by atoms with van der Waals surface area (Å²) in [5, 5.41) is 0.645. The number of carbonyl (C=O) groups is 1. The lowest BCUT2D eigenvalue weighted by Crippen LogP contribution is -2.28. The molecule has 0 bridgehead atoms. The van der Waals surface area contributed by atoms with Crippen LogP contribution < -0.4 is 4.74 Å². The second-order valence-corrected chi connectivity index (χ2v) is 6.90. The molecule has 2 aromatic carbocycles. The zero-order valence-corrected chi connectivity index (χ0v) is 16.6. The number of oxazole rings is 1. The van der Waals surface area contributed by atoms with Gasteiger partial charge < -0.3 is 14.1 Å². The molecule has 146 valence electrons. The first-order chi connectivity index (χ1) is 13.6. The van der Waals surface area contributed by atoms with Crippen LogP contribution in [0.4, 0.5) is 0 Å². The molecular formula is C22H23ClN2O3. The lowest BCUT2D eigenvalue weighted by molar-refractivity contribution is -0.130. The Morgan fingerprint density at radius 1 is 1.18 bits per heavy atom. The number of ether oxygens (including phenoxy) is 1. The molecule has 6 heteroatoms. The molecular weight excluding hydrogens is 376 g/mol. The first kappa shape index (κ1) is 20.0. The Balaban J connectivity index is 1.38. The topological polar surface area (TPSA) is 55.6 Å². The summed E-state index contributed by atoms with van der Waals surface area (Å²) in [7, 11) is 1.80. The summed E-state index contributed by atoms with van der Waals surface area (Å²) < 4.78 is 11.4. The summed E-state index contributed by atoms with van der Waals surface area (Å²) in [5.41, 5.74) is 0.976. The summed E-state index contributed by atoms with van der Waals surface area (Å²) in [5.74, 6) is 2.08. The van der Waals surface area contributed by atoms with E-state index in [-0.39, 0.29) is 5.91 Å². The fourth-order valence-corrected chi connectivity index (χ4v) is 2.92. The number of aryl methyl sites for hydroxylation is 1. The highest BCUT2D eigenvalue weighted by atomic mass is 35.5. The van der Waals surface area contributed by atoms with Crippen LogP contribution in [0.5, 0.6) is 5.75 Å². The average molecular weight is 399 g/mol. The van der Waals surface area contributed by atoms with Crippen molar-refractivity contribution in [3.05, 3.63) is 71.7 Å². The molecule has 0 atom stereocenters. The van der Waals surface area contributed by atoms with E-state index in [0.29, 0.717) is 36.9 Å². The van der Waals surface area contributed by atoms with Gasteiger partial charge in [0.2, 0.25) is 5.91 Å². The number of rotatable bonds is 9. The smallest absolute Gasteiger partial charge is 0.222 e. The monoisotopic (exact) mass is 398 g/mol. The number of hydrogen-bond donors (Lipinski definition) is 0. The first-order valence-electron chi connectivity index (χ1n) is 9.24. The van der Waals surface area contributed by atoms with E-state index < -0.39 is 0 Å². The van der Waals surface area contributed by atoms with E-state index in [4.69, 9.17) is 20.8 Å². The van der Waals surface area contributed by atoms with Crippen LogP contribution in [0, 0.1) is 0 Å². The molecule has 1 heterocycles. The minimum Gasteiger partial charge on any atom is -0.493 e.